The third kappa shape index (κ3) is 2.04. The first-order valence-corrected chi connectivity index (χ1v) is 4.60. The van der Waals surface area contributed by atoms with Gasteiger partial charge in [-0.05, 0) is 0 Å². The molecule has 0 aliphatic carbocycles. The van der Waals surface area contributed by atoms with E-state index in [0.717, 1.165) is 18.1 Å². The standard InChI is InChI=1S/C5H12N2OS/c6-1-2-7-5-3-9(8)4-5/h5,7H,1-4,6H2. The van der Waals surface area contributed by atoms with Crippen LogP contribution in [-0.2, 0) is 10.8 Å². The fourth-order valence-electron chi connectivity index (χ4n) is 0.805. The van der Waals surface area contributed by atoms with Crippen molar-refractivity contribution in [1.29, 1.82) is 0 Å². The maximum absolute atomic E-state index is 10.5. The van der Waals surface area contributed by atoms with Gasteiger partial charge in [-0.1, -0.05) is 0 Å². The van der Waals surface area contributed by atoms with E-state index in [1.807, 2.05) is 0 Å². The first kappa shape index (κ1) is 7.18. The molecule has 0 unspecified atom stereocenters. The van der Waals surface area contributed by atoms with E-state index in [-0.39, 0.29) is 0 Å². The van der Waals surface area contributed by atoms with Gasteiger partial charge in [0.25, 0.3) is 0 Å². The van der Waals surface area contributed by atoms with Crippen LogP contribution in [0.1, 0.15) is 0 Å². The Morgan fingerprint density at radius 1 is 1.67 bits per heavy atom. The van der Waals surface area contributed by atoms with E-state index in [0.29, 0.717) is 12.6 Å². The number of nitrogens with one attached hydrogen (secondary N) is 1. The van der Waals surface area contributed by atoms with E-state index in [2.05, 4.69) is 5.32 Å². The smallest absolute Gasteiger partial charge is 0.0398 e. The molecular formula is C5H12N2OS. The van der Waals surface area contributed by atoms with Gasteiger partial charge in [-0.2, -0.15) is 0 Å². The van der Waals surface area contributed by atoms with E-state index in [1.165, 1.54) is 0 Å². The van der Waals surface area contributed by atoms with Gasteiger partial charge in [-0.25, -0.2) is 0 Å². The molecule has 0 saturated carbocycles. The topological polar surface area (TPSA) is 55.1 Å². The molecular weight excluding hydrogens is 136 g/mol. The maximum Gasteiger partial charge on any atom is 0.0398 e. The molecule has 1 rings (SSSR count). The van der Waals surface area contributed by atoms with Gasteiger partial charge in [0, 0.05) is 41.4 Å². The lowest BCUT2D eigenvalue weighted by molar-refractivity contribution is 0.562. The van der Waals surface area contributed by atoms with Gasteiger partial charge in [0.2, 0.25) is 0 Å². The Morgan fingerprint density at radius 2 is 2.33 bits per heavy atom. The molecule has 1 aliphatic heterocycles. The number of hydrogen-bond donors (Lipinski definition) is 2. The van der Waals surface area contributed by atoms with Gasteiger partial charge in [0.15, 0.2) is 0 Å². The summed E-state index contributed by atoms with van der Waals surface area (Å²) >= 11 is 0. The molecule has 0 aromatic carbocycles. The lowest BCUT2D eigenvalue weighted by Gasteiger charge is -2.25. The average molecular weight is 148 g/mol. The molecule has 9 heavy (non-hydrogen) atoms. The Balaban J connectivity index is 1.97. The van der Waals surface area contributed by atoms with Crippen LogP contribution in [-0.4, -0.2) is 34.8 Å². The van der Waals surface area contributed by atoms with E-state index in [9.17, 15) is 4.21 Å². The molecule has 0 aromatic heterocycles. The second kappa shape index (κ2) is 3.29. The summed E-state index contributed by atoms with van der Waals surface area (Å²) in [4.78, 5) is 0. The molecule has 3 nitrogen and oxygen atoms in total. The van der Waals surface area contributed by atoms with Crippen molar-refractivity contribution in [2.45, 2.75) is 6.04 Å². The summed E-state index contributed by atoms with van der Waals surface area (Å²) in [6.07, 6.45) is 0. The molecule has 3 N–H and O–H groups in total. The van der Waals surface area contributed by atoms with Crippen molar-refractivity contribution < 1.29 is 4.21 Å². The minimum absolute atomic E-state index is 0.481. The van der Waals surface area contributed by atoms with Crippen molar-refractivity contribution >= 4 is 10.8 Å². The molecule has 54 valence electrons. The second-order valence-electron chi connectivity index (χ2n) is 2.21. The maximum atomic E-state index is 10.5. The monoisotopic (exact) mass is 148 g/mol. The molecule has 0 aromatic rings. The van der Waals surface area contributed by atoms with Gasteiger partial charge >= 0.3 is 0 Å². The zero-order chi connectivity index (χ0) is 6.69. The lowest BCUT2D eigenvalue weighted by Crippen LogP contribution is -2.49. The summed E-state index contributed by atoms with van der Waals surface area (Å²) < 4.78 is 10.5. The van der Waals surface area contributed by atoms with Crippen molar-refractivity contribution in [3.8, 4) is 0 Å². The summed E-state index contributed by atoms with van der Waals surface area (Å²) in [5.74, 6) is 1.64. The van der Waals surface area contributed by atoms with Gasteiger partial charge in [-0.15, -0.1) is 0 Å². The van der Waals surface area contributed by atoms with E-state index in [4.69, 9.17) is 5.73 Å². The lowest BCUT2D eigenvalue weighted by atomic mass is 10.4. The highest BCUT2D eigenvalue weighted by atomic mass is 32.2. The quantitative estimate of drug-likeness (QED) is 0.521. The van der Waals surface area contributed by atoms with Crippen LogP contribution in [0.5, 0.6) is 0 Å². The Hall–Kier alpha value is 0.0700. The van der Waals surface area contributed by atoms with Crippen molar-refractivity contribution in [1.82, 2.24) is 5.32 Å². The SMILES string of the molecule is NCCNC1CS(=O)C1. The van der Waals surface area contributed by atoms with E-state index in [1.54, 1.807) is 0 Å². The zero-order valence-corrected chi connectivity index (χ0v) is 6.12. The van der Waals surface area contributed by atoms with Gasteiger partial charge in [-0.3, -0.25) is 4.21 Å². The molecule has 0 spiro atoms. The molecule has 0 radical (unpaired) electrons. The van der Waals surface area contributed by atoms with Crippen LogP contribution in [0, 0.1) is 0 Å². The van der Waals surface area contributed by atoms with Crippen LogP contribution in [0.15, 0.2) is 0 Å². The Morgan fingerprint density at radius 3 is 2.78 bits per heavy atom. The Kier molecular flexibility index (Phi) is 2.63. The molecule has 1 saturated heterocycles. The van der Waals surface area contributed by atoms with E-state index < -0.39 is 10.8 Å². The van der Waals surface area contributed by atoms with Gasteiger partial charge < -0.3 is 11.1 Å². The average Bonchev–Trinajstić information content (AvgIpc) is 1.78. The third-order valence-corrected chi connectivity index (χ3v) is 2.90. The molecule has 4 heteroatoms. The molecule has 1 fully saturated rings. The molecule has 0 atom stereocenters. The summed E-state index contributed by atoms with van der Waals surface area (Å²) in [7, 11) is -0.529. The number of nitrogens with two attached hydrogens (primary N) is 1. The van der Waals surface area contributed by atoms with Crippen LogP contribution in [0.25, 0.3) is 0 Å². The minimum atomic E-state index is -0.529. The van der Waals surface area contributed by atoms with Crippen LogP contribution in [0.2, 0.25) is 0 Å². The minimum Gasteiger partial charge on any atom is -0.329 e. The number of rotatable bonds is 3. The predicted molar refractivity (Wildman–Crippen MR) is 38.7 cm³/mol. The summed E-state index contributed by atoms with van der Waals surface area (Å²) in [6.45, 7) is 1.52. The highest BCUT2D eigenvalue weighted by molar-refractivity contribution is 7.86. The highest BCUT2D eigenvalue weighted by Crippen LogP contribution is 2.03. The molecule has 0 amide bonds. The first-order valence-electron chi connectivity index (χ1n) is 3.11. The van der Waals surface area contributed by atoms with Crippen LogP contribution >= 0.6 is 0 Å². The molecule has 1 heterocycles. The van der Waals surface area contributed by atoms with Crippen LogP contribution in [0.4, 0.5) is 0 Å². The van der Waals surface area contributed by atoms with Gasteiger partial charge in [0.05, 0.1) is 0 Å². The fourth-order valence-corrected chi connectivity index (χ4v) is 1.84. The summed E-state index contributed by atoms with van der Waals surface area (Å²) in [5, 5.41) is 3.18. The first-order chi connectivity index (χ1) is 4.33. The fraction of sp³-hybridized carbons (Fsp3) is 1.00. The van der Waals surface area contributed by atoms with Crippen molar-refractivity contribution in [3.63, 3.8) is 0 Å². The summed E-state index contributed by atoms with van der Waals surface area (Å²) in [6, 6.07) is 0.481. The Labute approximate surface area is 57.5 Å². The second-order valence-corrected chi connectivity index (χ2v) is 3.76. The molecule has 1 aliphatic rings. The molecule has 0 bridgehead atoms. The van der Waals surface area contributed by atoms with E-state index >= 15 is 0 Å². The van der Waals surface area contributed by atoms with Crippen molar-refractivity contribution in [3.05, 3.63) is 0 Å². The van der Waals surface area contributed by atoms with Crippen molar-refractivity contribution in [2.24, 2.45) is 5.73 Å². The highest BCUT2D eigenvalue weighted by Gasteiger charge is 2.23. The van der Waals surface area contributed by atoms with Crippen molar-refractivity contribution in [2.75, 3.05) is 24.6 Å². The summed E-state index contributed by atoms with van der Waals surface area (Å²) in [5.41, 5.74) is 5.25. The third-order valence-electron chi connectivity index (χ3n) is 1.35. The normalized spacial score (nSPS) is 33.9. The van der Waals surface area contributed by atoms with Crippen LogP contribution < -0.4 is 11.1 Å². The Bertz CT molecular complexity index is 110. The largest absolute Gasteiger partial charge is 0.329 e. The van der Waals surface area contributed by atoms with Gasteiger partial charge in [0.1, 0.15) is 0 Å². The zero-order valence-electron chi connectivity index (χ0n) is 5.30. The van der Waals surface area contributed by atoms with Crippen LogP contribution in [0.3, 0.4) is 0 Å². The number of hydrogen-bond acceptors (Lipinski definition) is 3. The predicted octanol–water partition coefficient (Wildman–Crippen LogP) is -1.33.